The van der Waals surface area contributed by atoms with Gasteiger partial charge in [0.25, 0.3) is 5.84 Å². The third-order valence-corrected chi connectivity index (χ3v) is 6.25. The van der Waals surface area contributed by atoms with Gasteiger partial charge in [-0.15, -0.1) is 0 Å². The van der Waals surface area contributed by atoms with Gasteiger partial charge < -0.3 is 0 Å². The van der Waals surface area contributed by atoms with Crippen molar-refractivity contribution in [3.8, 4) is 0 Å². The SMILES string of the molecule is CC1(C)COP(=O)(N2CCC[N+]3=C2CCCCC3)OC1. The molecule has 0 bridgehead atoms. The maximum atomic E-state index is 13.1. The summed E-state index contributed by atoms with van der Waals surface area (Å²) in [5, 5.41) is 0. The summed E-state index contributed by atoms with van der Waals surface area (Å²) >= 11 is 0. The minimum atomic E-state index is -3.12. The van der Waals surface area contributed by atoms with Crippen molar-refractivity contribution in [3.05, 3.63) is 0 Å². The minimum absolute atomic E-state index is 0.0441. The van der Waals surface area contributed by atoms with Crippen LogP contribution >= 0.6 is 7.75 Å². The number of hydrogen-bond acceptors (Lipinski definition) is 3. The summed E-state index contributed by atoms with van der Waals surface area (Å²) in [6.45, 7) is 8.13. The second-order valence-corrected chi connectivity index (χ2v) is 8.81. The Balaban J connectivity index is 1.83. The zero-order chi connectivity index (χ0) is 14.2. The van der Waals surface area contributed by atoms with Gasteiger partial charge in [-0.3, -0.25) is 13.6 Å². The van der Waals surface area contributed by atoms with Crippen LogP contribution in [-0.4, -0.2) is 47.9 Å². The fourth-order valence-corrected chi connectivity index (χ4v) is 5.39. The Hall–Kier alpha value is -0.380. The highest BCUT2D eigenvalue weighted by atomic mass is 31.2. The Morgan fingerprint density at radius 1 is 1.10 bits per heavy atom. The summed E-state index contributed by atoms with van der Waals surface area (Å²) in [5.74, 6) is 1.19. The molecular formula is C14H26N2O3P+. The first-order chi connectivity index (χ1) is 9.50. The van der Waals surface area contributed by atoms with Crippen LogP contribution in [-0.2, 0) is 13.6 Å². The topological polar surface area (TPSA) is 41.8 Å². The molecule has 0 atom stereocenters. The van der Waals surface area contributed by atoms with Gasteiger partial charge in [-0.05, 0) is 19.3 Å². The summed E-state index contributed by atoms with van der Waals surface area (Å²) < 4.78 is 28.9. The lowest BCUT2D eigenvalue weighted by atomic mass is 9.97. The summed E-state index contributed by atoms with van der Waals surface area (Å²) in [6, 6.07) is 0. The highest BCUT2D eigenvalue weighted by molar-refractivity contribution is 7.52. The maximum Gasteiger partial charge on any atom is 0.523 e. The van der Waals surface area contributed by atoms with Crippen LogP contribution < -0.4 is 0 Å². The Kier molecular flexibility index (Phi) is 3.95. The second kappa shape index (κ2) is 5.43. The van der Waals surface area contributed by atoms with Gasteiger partial charge >= 0.3 is 7.75 Å². The van der Waals surface area contributed by atoms with Crippen molar-refractivity contribution in [3.63, 3.8) is 0 Å². The molecule has 3 rings (SSSR count). The second-order valence-electron chi connectivity index (χ2n) is 6.87. The minimum Gasteiger partial charge on any atom is -0.274 e. The van der Waals surface area contributed by atoms with Crippen molar-refractivity contribution >= 4 is 13.6 Å². The Labute approximate surface area is 121 Å². The summed E-state index contributed by atoms with van der Waals surface area (Å²) in [7, 11) is -3.12. The molecule has 3 heterocycles. The molecule has 0 radical (unpaired) electrons. The molecule has 0 saturated carbocycles. The van der Waals surface area contributed by atoms with Gasteiger partial charge in [0.05, 0.1) is 32.8 Å². The Morgan fingerprint density at radius 2 is 1.80 bits per heavy atom. The third-order valence-electron chi connectivity index (χ3n) is 4.32. The summed E-state index contributed by atoms with van der Waals surface area (Å²) in [6.07, 6.45) is 5.70. The largest absolute Gasteiger partial charge is 0.523 e. The molecule has 114 valence electrons. The average molecular weight is 301 g/mol. The van der Waals surface area contributed by atoms with E-state index in [4.69, 9.17) is 9.05 Å². The van der Waals surface area contributed by atoms with Gasteiger partial charge in [-0.2, -0.15) is 4.67 Å². The quantitative estimate of drug-likeness (QED) is 0.552. The van der Waals surface area contributed by atoms with E-state index in [1.807, 2.05) is 4.67 Å². The molecule has 0 amide bonds. The van der Waals surface area contributed by atoms with E-state index in [1.54, 1.807) is 0 Å². The molecule has 20 heavy (non-hydrogen) atoms. The van der Waals surface area contributed by atoms with E-state index in [0.717, 1.165) is 32.5 Å². The average Bonchev–Trinajstić information content (AvgIpc) is 2.67. The number of hydrogen-bond donors (Lipinski definition) is 0. The molecule has 6 heteroatoms. The molecule has 0 spiro atoms. The first-order valence-corrected chi connectivity index (χ1v) is 9.28. The van der Waals surface area contributed by atoms with Crippen LogP contribution in [0.3, 0.4) is 0 Å². The highest BCUT2D eigenvalue weighted by Gasteiger charge is 2.49. The van der Waals surface area contributed by atoms with Gasteiger partial charge in [0.2, 0.25) is 0 Å². The van der Waals surface area contributed by atoms with E-state index in [1.165, 1.54) is 25.1 Å². The standard InChI is InChI=1S/C14H26N2O3P/c1-14(2)11-18-20(17,19-12-14)16-10-6-9-15-8-5-3-4-7-13(15)16/h3-12H2,1-2H3/q+1. The van der Waals surface area contributed by atoms with Crippen LogP contribution in [0.25, 0.3) is 0 Å². The zero-order valence-electron chi connectivity index (χ0n) is 12.6. The molecule has 1 fully saturated rings. The lowest BCUT2D eigenvalue weighted by molar-refractivity contribution is -0.537. The van der Waals surface area contributed by atoms with Gasteiger partial charge in [-0.1, -0.05) is 13.8 Å². The fourth-order valence-electron chi connectivity index (χ4n) is 3.12. The molecule has 3 aliphatic rings. The summed E-state index contributed by atoms with van der Waals surface area (Å²) in [4.78, 5) is 0. The first kappa shape index (κ1) is 14.6. The van der Waals surface area contributed by atoms with Crippen molar-refractivity contribution in [2.24, 2.45) is 5.41 Å². The van der Waals surface area contributed by atoms with E-state index in [9.17, 15) is 4.57 Å². The van der Waals surface area contributed by atoms with Crippen molar-refractivity contribution in [2.45, 2.75) is 46.0 Å². The van der Waals surface area contributed by atoms with Crippen LogP contribution in [0.5, 0.6) is 0 Å². The van der Waals surface area contributed by atoms with Gasteiger partial charge in [0.1, 0.15) is 0 Å². The van der Waals surface area contributed by atoms with E-state index in [-0.39, 0.29) is 5.41 Å². The molecule has 3 aliphatic heterocycles. The third kappa shape index (κ3) is 2.81. The van der Waals surface area contributed by atoms with Crippen LogP contribution in [0.15, 0.2) is 0 Å². The van der Waals surface area contributed by atoms with Crippen LogP contribution in [0, 0.1) is 5.41 Å². The van der Waals surface area contributed by atoms with E-state index in [2.05, 4.69) is 18.4 Å². The lowest BCUT2D eigenvalue weighted by Crippen LogP contribution is -2.45. The molecule has 0 aromatic rings. The van der Waals surface area contributed by atoms with Crippen molar-refractivity contribution in [1.82, 2.24) is 4.67 Å². The zero-order valence-corrected chi connectivity index (χ0v) is 13.5. The normalized spacial score (nSPS) is 29.8. The lowest BCUT2D eigenvalue weighted by Gasteiger charge is -2.37. The number of amidine groups is 1. The molecule has 0 N–H and O–H groups in total. The molecule has 0 aromatic heterocycles. The smallest absolute Gasteiger partial charge is 0.274 e. The van der Waals surface area contributed by atoms with Crippen LogP contribution in [0.4, 0.5) is 0 Å². The fraction of sp³-hybridized carbons (Fsp3) is 0.929. The van der Waals surface area contributed by atoms with E-state index < -0.39 is 7.75 Å². The highest BCUT2D eigenvalue weighted by Crippen LogP contribution is 2.57. The summed E-state index contributed by atoms with van der Waals surface area (Å²) in [5.41, 5.74) is -0.0441. The van der Waals surface area contributed by atoms with Crippen molar-refractivity contribution in [2.75, 3.05) is 32.8 Å². The first-order valence-electron chi connectivity index (χ1n) is 7.78. The van der Waals surface area contributed by atoms with Crippen LogP contribution in [0.1, 0.15) is 46.0 Å². The molecule has 5 nitrogen and oxygen atoms in total. The van der Waals surface area contributed by atoms with E-state index in [0.29, 0.717) is 13.2 Å². The maximum absolute atomic E-state index is 13.1. The predicted molar refractivity (Wildman–Crippen MR) is 78.1 cm³/mol. The van der Waals surface area contributed by atoms with Gasteiger partial charge in [-0.25, -0.2) is 4.57 Å². The number of nitrogens with zero attached hydrogens (tertiary/aromatic N) is 2. The monoisotopic (exact) mass is 301 g/mol. The Bertz CT molecular complexity index is 447. The Morgan fingerprint density at radius 3 is 2.55 bits per heavy atom. The van der Waals surface area contributed by atoms with Crippen LogP contribution in [0.2, 0.25) is 0 Å². The predicted octanol–water partition coefficient (Wildman–Crippen LogP) is 2.86. The molecule has 0 aliphatic carbocycles. The molecule has 1 saturated heterocycles. The van der Waals surface area contributed by atoms with Crippen molar-refractivity contribution < 1.29 is 18.2 Å². The molecule has 0 unspecified atom stereocenters. The van der Waals surface area contributed by atoms with Gasteiger partial charge in [0, 0.05) is 18.3 Å². The molecule has 0 aromatic carbocycles. The number of rotatable bonds is 1. The van der Waals surface area contributed by atoms with E-state index >= 15 is 0 Å². The molecular weight excluding hydrogens is 275 g/mol. The van der Waals surface area contributed by atoms with Gasteiger partial charge in [0.15, 0.2) is 0 Å². The van der Waals surface area contributed by atoms with Crippen molar-refractivity contribution in [1.29, 1.82) is 0 Å².